The minimum Gasteiger partial charge on any atom is -0.490 e. The molecular weight excluding hydrogens is 214 g/mol. The Balaban J connectivity index is 3.07. The van der Waals surface area contributed by atoms with Crippen LogP contribution in [0.2, 0.25) is 0 Å². The summed E-state index contributed by atoms with van der Waals surface area (Å²) in [5.41, 5.74) is 1.70. The highest BCUT2D eigenvalue weighted by atomic mass is 16.5. The lowest BCUT2D eigenvalue weighted by Crippen LogP contribution is -2.22. The van der Waals surface area contributed by atoms with Gasteiger partial charge in [-0.1, -0.05) is 0 Å². The van der Waals surface area contributed by atoms with Gasteiger partial charge >= 0.3 is 0 Å². The standard InChI is InChI=1S/C14H21NO2/c1-5-15(6-2)13-8-7-12(10-16)14(9-13)17-11(3)4/h7-11H,5-6H2,1-4H3. The summed E-state index contributed by atoms with van der Waals surface area (Å²) in [6.07, 6.45) is 0.907. The number of anilines is 1. The molecule has 0 saturated carbocycles. The van der Waals surface area contributed by atoms with Crippen LogP contribution in [0.5, 0.6) is 5.75 Å². The predicted molar refractivity (Wildman–Crippen MR) is 71.2 cm³/mol. The van der Waals surface area contributed by atoms with Crippen molar-refractivity contribution in [2.75, 3.05) is 18.0 Å². The van der Waals surface area contributed by atoms with E-state index in [1.165, 1.54) is 0 Å². The number of benzene rings is 1. The molecule has 1 aromatic rings. The molecule has 0 fully saturated rings. The van der Waals surface area contributed by atoms with Crippen LogP contribution in [0.4, 0.5) is 5.69 Å². The van der Waals surface area contributed by atoms with Gasteiger partial charge in [-0.2, -0.15) is 0 Å². The molecule has 0 bridgehead atoms. The van der Waals surface area contributed by atoms with Gasteiger partial charge in [0.15, 0.2) is 6.29 Å². The van der Waals surface area contributed by atoms with E-state index in [2.05, 4.69) is 18.7 Å². The lowest BCUT2D eigenvalue weighted by Gasteiger charge is -2.22. The molecular formula is C14H21NO2. The number of carbonyl (C=O) groups excluding carboxylic acids is 1. The first-order valence-corrected chi connectivity index (χ1v) is 6.13. The lowest BCUT2D eigenvalue weighted by molar-refractivity contribution is 0.111. The van der Waals surface area contributed by atoms with E-state index < -0.39 is 0 Å². The Hall–Kier alpha value is -1.51. The number of nitrogens with zero attached hydrogens (tertiary/aromatic N) is 1. The van der Waals surface area contributed by atoms with Gasteiger partial charge in [0.05, 0.1) is 11.7 Å². The Kier molecular flexibility index (Phi) is 5.01. The quantitative estimate of drug-likeness (QED) is 0.709. The molecule has 0 atom stereocenters. The van der Waals surface area contributed by atoms with E-state index in [4.69, 9.17) is 4.74 Å². The second kappa shape index (κ2) is 6.28. The van der Waals surface area contributed by atoms with Crippen LogP contribution in [0, 0.1) is 0 Å². The topological polar surface area (TPSA) is 29.5 Å². The van der Waals surface area contributed by atoms with Gasteiger partial charge in [0.1, 0.15) is 5.75 Å². The fraction of sp³-hybridized carbons (Fsp3) is 0.500. The number of ether oxygens (including phenoxy) is 1. The molecule has 0 radical (unpaired) electrons. The first-order chi connectivity index (χ1) is 8.12. The van der Waals surface area contributed by atoms with Crippen LogP contribution in [0.1, 0.15) is 38.1 Å². The van der Waals surface area contributed by atoms with Gasteiger partial charge in [-0.3, -0.25) is 4.79 Å². The third kappa shape index (κ3) is 3.48. The van der Waals surface area contributed by atoms with Crippen molar-refractivity contribution in [3.05, 3.63) is 23.8 Å². The summed E-state index contributed by atoms with van der Waals surface area (Å²) in [4.78, 5) is 13.2. The van der Waals surface area contributed by atoms with E-state index in [0.29, 0.717) is 11.3 Å². The predicted octanol–water partition coefficient (Wildman–Crippen LogP) is 3.13. The average Bonchev–Trinajstić information content (AvgIpc) is 2.30. The molecule has 0 N–H and O–H groups in total. The molecule has 0 saturated heterocycles. The molecule has 0 spiro atoms. The zero-order valence-corrected chi connectivity index (χ0v) is 11.1. The van der Waals surface area contributed by atoms with E-state index in [0.717, 1.165) is 25.1 Å². The summed E-state index contributed by atoms with van der Waals surface area (Å²) in [6.45, 7) is 10.0. The molecule has 1 aromatic carbocycles. The Bertz CT molecular complexity index is 370. The highest BCUT2D eigenvalue weighted by Crippen LogP contribution is 2.25. The van der Waals surface area contributed by atoms with E-state index >= 15 is 0 Å². The van der Waals surface area contributed by atoms with Gasteiger partial charge in [-0.15, -0.1) is 0 Å². The van der Waals surface area contributed by atoms with Crippen LogP contribution in [-0.4, -0.2) is 25.5 Å². The second-order valence-electron chi connectivity index (χ2n) is 4.18. The van der Waals surface area contributed by atoms with Crippen LogP contribution in [0.15, 0.2) is 18.2 Å². The van der Waals surface area contributed by atoms with Crippen molar-refractivity contribution in [1.29, 1.82) is 0 Å². The molecule has 0 unspecified atom stereocenters. The maximum Gasteiger partial charge on any atom is 0.153 e. The maximum atomic E-state index is 10.9. The Morgan fingerprint density at radius 1 is 1.29 bits per heavy atom. The molecule has 0 aliphatic rings. The number of aldehydes is 1. The molecule has 0 aliphatic heterocycles. The zero-order valence-electron chi connectivity index (χ0n) is 11.1. The Labute approximate surface area is 103 Å². The van der Waals surface area contributed by atoms with Crippen molar-refractivity contribution in [3.8, 4) is 5.75 Å². The zero-order chi connectivity index (χ0) is 12.8. The van der Waals surface area contributed by atoms with E-state index in [-0.39, 0.29) is 6.10 Å². The number of hydrogen-bond donors (Lipinski definition) is 0. The molecule has 3 nitrogen and oxygen atoms in total. The summed E-state index contributed by atoms with van der Waals surface area (Å²) in [5, 5.41) is 0. The third-order valence-electron chi connectivity index (χ3n) is 2.62. The molecule has 94 valence electrons. The fourth-order valence-electron chi connectivity index (χ4n) is 1.76. The largest absolute Gasteiger partial charge is 0.490 e. The van der Waals surface area contributed by atoms with Crippen molar-refractivity contribution >= 4 is 12.0 Å². The first kappa shape index (κ1) is 13.6. The molecule has 0 aliphatic carbocycles. The summed E-state index contributed by atoms with van der Waals surface area (Å²) in [7, 11) is 0. The first-order valence-electron chi connectivity index (χ1n) is 6.13. The number of rotatable bonds is 6. The van der Waals surface area contributed by atoms with Crippen LogP contribution >= 0.6 is 0 Å². The lowest BCUT2D eigenvalue weighted by atomic mass is 10.2. The SMILES string of the molecule is CCN(CC)c1ccc(C=O)c(OC(C)C)c1. The van der Waals surface area contributed by atoms with Crippen molar-refractivity contribution in [1.82, 2.24) is 0 Å². The minimum absolute atomic E-state index is 0.0700. The molecule has 0 aromatic heterocycles. The average molecular weight is 235 g/mol. The van der Waals surface area contributed by atoms with E-state index in [1.807, 2.05) is 32.0 Å². The van der Waals surface area contributed by atoms with Gasteiger partial charge in [-0.05, 0) is 39.8 Å². The Morgan fingerprint density at radius 2 is 1.94 bits per heavy atom. The molecule has 1 rings (SSSR count). The summed E-state index contributed by atoms with van der Waals surface area (Å²) in [5.74, 6) is 0.666. The maximum absolute atomic E-state index is 10.9. The van der Waals surface area contributed by atoms with Gasteiger partial charge in [0, 0.05) is 24.8 Å². The molecule has 3 heteroatoms. The van der Waals surface area contributed by atoms with Crippen molar-refractivity contribution in [2.24, 2.45) is 0 Å². The van der Waals surface area contributed by atoms with Crippen LogP contribution in [0.3, 0.4) is 0 Å². The summed E-state index contributed by atoms with van der Waals surface area (Å²) >= 11 is 0. The molecule has 17 heavy (non-hydrogen) atoms. The normalized spacial score (nSPS) is 10.4. The van der Waals surface area contributed by atoms with E-state index in [9.17, 15) is 4.79 Å². The van der Waals surface area contributed by atoms with Crippen LogP contribution in [-0.2, 0) is 0 Å². The molecule has 0 amide bonds. The number of carbonyl (C=O) groups is 1. The highest BCUT2D eigenvalue weighted by Gasteiger charge is 2.09. The minimum atomic E-state index is 0.0700. The van der Waals surface area contributed by atoms with Crippen molar-refractivity contribution in [2.45, 2.75) is 33.8 Å². The van der Waals surface area contributed by atoms with Crippen molar-refractivity contribution < 1.29 is 9.53 Å². The third-order valence-corrected chi connectivity index (χ3v) is 2.62. The summed E-state index contributed by atoms with van der Waals surface area (Å²) < 4.78 is 5.66. The summed E-state index contributed by atoms with van der Waals surface area (Å²) in [6, 6.07) is 5.72. The van der Waals surface area contributed by atoms with Crippen LogP contribution < -0.4 is 9.64 Å². The van der Waals surface area contributed by atoms with Crippen LogP contribution in [0.25, 0.3) is 0 Å². The highest BCUT2D eigenvalue weighted by molar-refractivity contribution is 5.80. The fourth-order valence-corrected chi connectivity index (χ4v) is 1.76. The number of hydrogen-bond acceptors (Lipinski definition) is 3. The van der Waals surface area contributed by atoms with Gasteiger partial charge in [0.2, 0.25) is 0 Å². The Morgan fingerprint density at radius 3 is 2.41 bits per heavy atom. The smallest absolute Gasteiger partial charge is 0.153 e. The second-order valence-corrected chi connectivity index (χ2v) is 4.18. The van der Waals surface area contributed by atoms with Gasteiger partial charge in [0.25, 0.3) is 0 Å². The molecule has 0 heterocycles. The van der Waals surface area contributed by atoms with Crippen molar-refractivity contribution in [3.63, 3.8) is 0 Å². The van der Waals surface area contributed by atoms with Gasteiger partial charge < -0.3 is 9.64 Å². The monoisotopic (exact) mass is 235 g/mol. The van der Waals surface area contributed by atoms with Gasteiger partial charge in [-0.25, -0.2) is 0 Å². The van der Waals surface area contributed by atoms with E-state index in [1.54, 1.807) is 0 Å².